The lowest BCUT2D eigenvalue weighted by atomic mass is 10.1. The van der Waals surface area contributed by atoms with Crippen LogP contribution in [-0.2, 0) is 78.6 Å². The summed E-state index contributed by atoms with van der Waals surface area (Å²) in [5.74, 6) is -4.09. The van der Waals surface area contributed by atoms with Crippen LogP contribution in [0.1, 0.15) is 75.4 Å². The smallest absolute Gasteiger partial charge is 0.337 e. The van der Waals surface area contributed by atoms with E-state index in [9.17, 15) is 38.4 Å². The van der Waals surface area contributed by atoms with E-state index in [1.54, 1.807) is 68.1 Å². The predicted molar refractivity (Wildman–Crippen MR) is 294 cm³/mol. The minimum absolute atomic E-state index is 0.0170. The highest BCUT2D eigenvalue weighted by atomic mass is 16.8. The summed E-state index contributed by atoms with van der Waals surface area (Å²) in [7, 11) is 12.7. The third kappa shape index (κ3) is 24.2. The van der Waals surface area contributed by atoms with Crippen molar-refractivity contribution in [3.8, 4) is 0 Å². The number of ether oxygens (including phenoxy) is 4. The van der Waals surface area contributed by atoms with E-state index in [4.69, 9.17) is 20.3 Å². The predicted octanol–water partition coefficient (Wildman–Crippen LogP) is 6.45. The molecule has 0 saturated heterocycles. The highest BCUT2D eigenvalue weighted by Crippen LogP contribution is 2.23. The van der Waals surface area contributed by atoms with Crippen LogP contribution in [0.2, 0.25) is 0 Å². The van der Waals surface area contributed by atoms with Crippen molar-refractivity contribution in [2.75, 3.05) is 35.5 Å². The average molecular weight is 1120 g/mol. The summed E-state index contributed by atoms with van der Waals surface area (Å²) < 4.78 is 24.1. The van der Waals surface area contributed by atoms with Crippen molar-refractivity contribution in [1.29, 1.82) is 0 Å². The Kier molecular flexibility index (Phi) is 30.9. The zero-order valence-corrected chi connectivity index (χ0v) is 46.2. The molecule has 0 fully saturated rings. The van der Waals surface area contributed by atoms with Crippen LogP contribution in [-0.4, -0.2) is 144 Å². The first-order valence-corrected chi connectivity index (χ1v) is 24.1. The first kappa shape index (κ1) is 67.4. The molecule has 6 N–H and O–H groups in total. The molecule has 432 valence electrons. The zero-order valence-electron chi connectivity index (χ0n) is 46.2. The number of aliphatic carboxylic acids is 1. The number of methoxy groups -OCH3 is 4. The Morgan fingerprint density at radius 3 is 1.26 bits per heavy atom. The molecule has 0 spiro atoms. The Labute approximate surface area is 467 Å². The van der Waals surface area contributed by atoms with E-state index in [2.05, 4.69) is 33.9 Å². The zero-order chi connectivity index (χ0) is 60.3. The molecule has 0 atom stereocenters. The van der Waals surface area contributed by atoms with Crippen LogP contribution in [0.25, 0.3) is 0 Å². The highest BCUT2D eigenvalue weighted by Gasteiger charge is 2.38. The van der Waals surface area contributed by atoms with Gasteiger partial charge in [0.1, 0.15) is 0 Å². The topological polar surface area (TPSA) is 312 Å². The van der Waals surface area contributed by atoms with E-state index in [0.29, 0.717) is 17.0 Å². The van der Waals surface area contributed by atoms with Crippen LogP contribution in [0.15, 0.2) is 171 Å². The number of H-pyrrole nitrogens is 3. The Balaban J connectivity index is 0.000000327. The number of Topliss-reactive ketones (excluding diaryl/α,β-unsaturated/α-hetero) is 1. The van der Waals surface area contributed by atoms with Gasteiger partial charge in [-0.1, -0.05) is 29.3 Å². The number of hydrogen-bond donors (Lipinski definition) is 6. The van der Waals surface area contributed by atoms with Gasteiger partial charge in [-0.2, -0.15) is 0 Å². The average Bonchev–Trinajstić information content (AvgIpc) is 4.37. The number of aromatic amines is 3. The van der Waals surface area contributed by atoms with Gasteiger partial charge >= 0.3 is 17.9 Å². The molecular formula is C57H68N8O16. The van der Waals surface area contributed by atoms with Crippen LogP contribution >= 0.6 is 0 Å². The SMILES string of the molecule is CC(=O)c1ccn(C)c1.CO.COC(=O)Cc1ccn(C)c1.COC(OC)OC.Cn1cccc1.O=C(Cc1cc[nH]c1)ON1C(=O)c2ccccc2C1=O.O=C(O)Cc1cc[nH]c1.O=C1c2ccccc2C(=O)N1O.c1cc[nH]c1. The van der Waals surface area contributed by atoms with E-state index < -0.39 is 42.0 Å². The maximum Gasteiger partial charge on any atom is 0.337 e. The number of ketones is 1. The summed E-state index contributed by atoms with van der Waals surface area (Å²) >= 11 is 0. The first-order valence-electron chi connectivity index (χ1n) is 24.1. The van der Waals surface area contributed by atoms with Crippen molar-refractivity contribution in [2.45, 2.75) is 32.7 Å². The van der Waals surface area contributed by atoms with Gasteiger partial charge in [-0.05, 0) is 96.4 Å². The molecule has 24 heteroatoms. The van der Waals surface area contributed by atoms with Crippen LogP contribution in [0.5, 0.6) is 0 Å². The monoisotopic (exact) mass is 1120 g/mol. The molecule has 6 aromatic heterocycles. The maximum atomic E-state index is 12.0. The van der Waals surface area contributed by atoms with Gasteiger partial charge in [0.15, 0.2) is 5.78 Å². The number of rotatable bonds is 11. The molecule has 0 unspecified atom stereocenters. The molecule has 4 amide bonds. The number of esters is 1. The number of fused-ring (bicyclic) bond motifs is 2. The normalized spacial score (nSPS) is 11.1. The standard InChI is InChI=1S/C14H10N2O4.C8H5NO3.C8H11NO2.C7H9NO.C6H7NO2.C5H7N.C4H5N.C4H10O3.CH4O/c17-12(7-9-5-6-15-8-9)20-16-13(18)10-3-1-2-4-11(10)14(16)19;10-7-5-3-1-2-4-6(5)8(11)9(7)12;1-9-4-3-7(6-9)5-8(10)11-2;1-6(9)7-3-4-8(2)5-7;8-6(9)3-5-1-2-7-4-5;1-6-4-2-3-5-6;1-2-4-5-3-1;1-5-4(6-2)7-3;1-2/h1-6,8,15H,7H2;1-4,12H;3-4,6H,5H2,1-2H3;3-5H,1-2H3;1-2,4,7H,3H2,(H,8,9);2-5H,1H3;1-5H;4H,1-3H3;2H,1H3. The Morgan fingerprint density at radius 2 is 0.951 bits per heavy atom. The van der Waals surface area contributed by atoms with Crippen molar-refractivity contribution < 1.29 is 77.6 Å². The van der Waals surface area contributed by atoms with Gasteiger partial charge in [-0.3, -0.25) is 38.8 Å². The van der Waals surface area contributed by atoms with E-state index >= 15 is 0 Å². The number of aryl methyl sites for hydroxylation is 3. The molecule has 8 aromatic rings. The largest absolute Gasteiger partial charge is 0.481 e. The number of amides is 4. The molecule has 2 aromatic carbocycles. The maximum absolute atomic E-state index is 12.0. The summed E-state index contributed by atoms with van der Waals surface area (Å²) in [5, 5.41) is 24.8. The number of hydrogen-bond acceptors (Lipinski definition) is 15. The number of nitrogens with zero attached hydrogens (tertiary/aromatic N) is 5. The van der Waals surface area contributed by atoms with Gasteiger partial charge in [0.25, 0.3) is 30.1 Å². The fourth-order valence-corrected chi connectivity index (χ4v) is 6.44. The summed E-state index contributed by atoms with van der Waals surface area (Å²) in [4.78, 5) is 103. The quantitative estimate of drug-likeness (QED) is 0.0266. The van der Waals surface area contributed by atoms with Gasteiger partial charge in [0.05, 0.1) is 48.6 Å². The van der Waals surface area contributed by atoms with Crippen LogP contribution < -0.4 is 0 Å². The first-order chi connectivity index (χ1) is 38.8. The van der Waals surface area contributed by atoms with E-state index in [1.165, 1.54) is 52.7 Å². The Bertz CT molecular complexity index is 3010. The Morgan fingerprint density at radius 1 is 0.506 bits per heavy atom. The molecule has 81 heavy (non-hydrogen) atoms. The molecule has 2 aliphatic rings. The number of hydroxylamine groups is 4. The lowest BCUT2D eigenvalue weighted by Crippen LogP contribution is -2.33. The second-order valence-electron chi connectivity index (χ2n) is 16.4. The highest BCUT2D eigenvalue weighted by molar-refractivity contribution is 6.21. The molecule has 0 radical (unpaired) electrons. The number of nitrogens with one attached hydrogen (secondary N) is 3. The molecule has 24 nitrogen and oxygen atoms in total. The van der Waals surface area contributed by atoms with Crippen LogP contribution in [0.3, 0.4) is 0 Å². The van der Waals surface area contributed by atoms with Crippen LogP contribution in [0.4, 0.5) is 0 Å². The van der Waals surface area contributed by atoms with Crippen molar-refractivity contribution in [2.24, 2.45) is 21.1 Å². The fourth-order valence-electron chi connectivity index (χ4n) is 6.44. The fraction of sp³-hybridized carbons (Fsp3) is 0.228. The molecule has 2 aliphatic heterocycles. The lowest BCUT2D eigenvalue weighted by molar-refractivity contribution is -0.252. The number of carbonyl (C=O) groups excluding carboxylic acids is 7. The molecular weight excluding hydrogens is 1050 g/mol. The van der Waals surface area contributed by atoms with Crippen molar-refractivity contribution in [1.82, 2.24) is 38.8 Å². The molecule has 0 saturated carbocycles. The number of imide groups is 2. The van der Waals surface area contributed by atoms with Crippen molar-refractivity contribution in [3.63, 3.8) is 0 Å². The summed E-state index contributed by atoms with van der Waals surface area (Å²) in [6, 6.07) is 27.7. The van der Waals surface area contributed by atoms with Crippen molar-refractivity contribution >= 4 is 47.3 Å². The van der Waals surface area contributed by atoms with Gasteiger partial charge in [0.2, 0.25) is 0 Å². The minimum Gasteiger partial charge on any atom is -0.481 e. The summed E-state index contributed by atoms with van der Waals surface area (Å²) in [5.41, 5.74) is 4.28. The summed E-state index contributed by atoms with van der Waals surface area (Å²) in [6.45, 7) is 1.05. The van der Waals surface area contributed by atoms with Gasteiger partial charge < -0.3 is 62.7 Å². The summed E-state index contributed by atoms with van der Waals surface area (Å²) in [6.07, 6.45) is 22.4. The molecule has 0 aliphatic carbocycles. The number of aliphatic hydroxyl groups is 1. The molecule has 10 rings (SSSR count). The van der Waals surface area contributed by atoms with E-state index in [0.717, 1.165) is 23.8 Å². The third-order valence-corrected chi connectivity index (χ3v) is 10.3. The van der Waals surface area contributed by atoms with E-state index in [1.807, 2.05) is 121 Å². The number of benzene rings is 2. The molecule has 0 bridgehead atoms. The second kappa shape index (κ2) is 37.2. The minimum atomic E-state index is -0.797. The number of aliphatic hydroxyl groups excluding tert-OH is 1. The van der Waals surface area contributed by atoms with Crippen LogP contribution in [0, 0.1) is 0 Å². The van der Waals surface area contributed by atoms with Crippen molar-refractivity contribution in [3.05, 3.63) is 216 Å². The lowest BCUT2D eigenvalue weighted by Gasteiger charge is -2.12. The number of carboxylic acid groups (broad SMARTS) is 1. The number of aromatic nitrogens is 6. The number of carboxylic acids is 1. The van der Waals surface area contributed by atoms with Gasteiger partial charge in [-0.15, -0.1) is 5.06 Å². The second-order valence-corrected chi connectivity index (χ2v) is 16.4. The third-order valence-electron chi connectivity index (χ3n) is 10.3. The number of carbonyl (C=O) groups is 8. The molecule has 8 heterocycles. The van der Waals surface area contributed by atoms with E-state index in [-0.39, 0.29) is 51.9 Å². The van der Waals surface area contributed by atoms with Gasteiger partial charge in [-0.25, -0.2) is 4.79 Å². The van der Waals surface area contributed by atoms with Gasteiger partial charge in [0, 0.05) is 130 Å². The Hall–Kier alpha value is -9.72.